The molecule has 0 N–H and O–H groups in total. The SMILES string of the molecule is C[Si](C)(C)C#Cc1cc(CBr)ccc1S(=O)(=O)F. The van der Waals surface area contributed by atoms with Crippen LogP contribution < -0.4 is 0 Å². The Labute approximate surface area is 117 Å². The van der Waals surface area contributed by atoms with E-state index in [0.717, 1.165) is 5.56 Å². The van der Waals surface area contributed by atoms with Crippen molar-refractivity contribution in [2.75, 3.05) is 0 Å². The first-order valence-electron chi connectivity index (χ1n) is 5.30. The molecule has 0 atom stereocenters. The lowest BCUT2D eigenvalue weighted by molar-refractivity contribution is 0.552. The largest absolute Gasteiger partial charge is 0.333 e. The second-order valence-electron chi connectivity index (χ2n) is 4.90. The zero-order valence-electron chi connectivity index (χ0n) is 10.4. The van der Waals surface area contributed by atoms with E-state index < -0.39 is 18.3 Å². The molecule has 0 bridgehead atoms. The van der Waals surface area contributed by atoms with E-state index in [4.69, 9.17) is 0 Å². The molecule has 98 valence electrons. The molecule has 6 heteroatoms. The molecule has 0 aliphatic carbocycles. The Morgan fingerprint density at radius 2 is 1.94 bits per heavy atom. The van der Waals surface area contributed by atoms with Crippen molar-refractivity contribution in [3.05, 3.63) is 29.3 Å². The number of hydrogen-bond donors (Lipinski definition) is 0. The molecule has 0 heterocycles. The maximum absolute atomic E-state index is 13.1. The first-order chi connectivity index (χ1) is 8.13. The standard InChI is InChI=1S/C12H14BrFO2SSi/c1-18(2,3)7-6-11-8-10(9-13)4-5-12(11)17(14,15)16/h4-5,8H,9H2,1-3H3. The van der Waals surface area contributed by atoms with E-state index in [1.54, 1.807) is 12.1 Å². The first kappa shape index (κ1) is 15.4. The van der Waals surface area contributed by atoms with E-state index in [0.29, 0.717) is 5.33 Å². The van der Waals surface area contributed by atoms with Crippen LogP contribution in [-0.4, -0.2) is 16.5 Å². The van der Waals surface area contributed by atoms with Gasteiger partial charge in [-0.3, -0.25) is 0 Å². The van der Waals surface area contributed by atoms with Crippen LogP contribution in [-0.2, 0) is 15.6 Å². The molecule has 0 aromatic heterocycles. The van der Waals surface area contributed by atoms with Gasteiger partial charge in [-0.1, -0.05) is 47.6 Å². The Bertz CT molecular complexity index is 609. The number of hydrogen-bond acceptors (Lipinski definition) is 2. The predicted octanol–water partition coefficient (Wildman–Crippen LogP) is 3.47. The zero-order chi connectivity index (χ0) is 14.0. The average molecular weight is 349 g/mol. The Morgan fingerprint density at radius 3 is 2.39 bits per heavy atom. The maximum atomic E-state index is 13.1. The van der Waals surface area contributed by atoms with Crippen LogP contribution in [0.5, 0.6) is 0 Å². The van der Waals surface area contributed by atoms with Gasteiger partial charge in [0, 0.05) is 10.9 Å². The summed E-state index contributed by atoms with van der Waals surface area (Å²) in [4.78, 5) is -0.349. The molecule has 0 amide bonds. The van der Waals surface area contributed by atoms with Crippen molar-refractivity contribution in [1.82, 2.24) is 0 Å². The van der Waals surface area contributed by atoms with Gasteiger partial charge >= 0.3 is 10.2 Å². The molecule has 0 saturated carbocycles. The van der Waals surface area contributed by atoms with Gasteiger partial charge in [-0.05, 0) is 17.7 Å². The van der Waals surface area contributed by atoms with Crippen molar-refractivity contribution < 1.29 is 12.3 Å². The highest BCUT2D eigenvalue weighted by molar-refractivity contribution is 9.08. The van der Waals surface area contributed by atoms with E-state index in [-0.39, 0.29) is 10.5 Å². The fourth-order valence-electron chi connectivity index (χ4n) is 1.23. The third-order valence-electron chi connectivity index (χ3n) is 2.03. The third-order valence-corrected chi connectivity index (χ3v) is 4.44. The van der Waals surface area contributed by atoms with Crippen LogP contribution in [0.1, 0.15) is 11.1 Å². The van der Waals surface area contributed by atoms with Gasteiger partial charge < -0.3 is 0 Å². The van der Waals surface area contributed by atoms with Crippen molar-refractivity contribution in [3.63, 3.8) is 0 Å². The molecule has 0 aliphatic heterocycles. The van der Waals surface area contributed by atoms with Gasteiger partial charge in [-0.15, -0.1) is 9.43 Å². The van der Waals surface area contributed by atoms with Gasteiger partial charge in [0.2, 0.25) is 0 Å². The van der Waals surface area contributed by atoms with Crippen LogP contribution >= 0.6 is 15.9 Å². The number of halogens is 2. The molecule has 1 aromatic rings. The van der Waals surface area contributed by atoms with E-state index in [1.165, 1.54) is 6.07 Å². The van der Waals surface area contributed by atoms with Crippen LogP contribution in [0.2, 0.25) is 19.6 Å². The lowest BCUT2D eigenvalue weighted by atomic mass is 10.1. The van der Waals surface area contributed by atoms with Crippen molar-refractivity contribution in [3.8, 4) is 11.5 Å². The van der Waals surface area contributed by atoms with E-state index in [9.17, 15) is 12.3 Å². The predicted molar refractivity (Wildman–Crippen MR) is 77.6 cm³/mol. The summed E-state index contributed by atoms with van der Waals surface area (Å²) in [7, 11) is -6.37. The summed E-state index contributed by atoms with van der Waals surface area (Å²) in [5.41, 5.74) is 4.14. The second-order valence-corrected chi connectivity index (χ2v) is 11.5. The molecule has 0 unspecified atom stereocenters. The second kappa shape index (κ2) is 5.55. The Balaban J connectivity index is 3.42. The van der Waals surface area contributed by atoms with E-state index >= 15 is 0 Å². The summed E-state index contributed by atoms with van der Waals surface area (Å²) in [5, 5.41) is 0.571. The molecule has 0 fully saturated rings. The molecule has 0 saturated heterocycles. The molecule has 0 aliphatic rings. The smallest absolute Gasteiger partial charge is 0.189 e. The molecular weight excluding hydrogens is 335 g/mol. The Morgan fingerprint density at radius 1 is 1.33 bits per heavy atom. The minimum absolute atomic E-state index is 0.233. The minimum Gasteiger partial charge on any atom is -0.189 e. The summed E-state index contributed by atoms with van der Waals surface area (Å²) in [6.45, 7) is 6.12. The molecular formula is C12H14BrFO2SSi. The first-order valence-corrected chi connectivity index (χ1v) is 11.3. The lowest BCUT2D eigenvalue weighted by Crippen LogP contribution is -2.16. The van der Waals surface area contributed by atoms with Gasteiger partial charge in [0.1, 0.15) is 13.0 Å². The summed E-state index contributed by atoms with van der Waals surface area (Å²) in [6.07, 6.45) is 0. The molecule has 0 radical (unpaired) electrons. The van der Waals surface area contributed by atoms with E-state index in [2.05, 4.69) is 27.4 Å². The average Bonchev–Trinajstić information content (AvgIpc) is 2.23. The summed E-state index contributed by atoms with van der Waals surface area (Å²) in [5.74, 6) is 2.81. The highest BCUT2D eigenvalue weighted by Crippen LogP contribution is 2.20. The third kappa shape index (κ3) is 4.56. The summed E-state index contributed by atoms with van der Waals surface area (Å²) < 4.78 is 35.2. The fourth-order valence-corrected chi connectivity index (χ4v) is 2.69. The summed E-state index contributed by atoms with van der Waals surface area (Å²) in [6, 6.07) is 4.44. The molecule has 2 nitrogen and oxygen atoms in total. The van der Waals surface area contributed by atoms with Gasteiger partial charge in [-0.25, -0.2) is 0 Å². The number of rotatable bonds is 2. The fraction of sp³-hybridized carbons (Fsp3) is 0.333. The Hall–Kier alpha value is -0.643. The van der Waals surface area contributed by atoms with Crippen molar-refractivity contribution in [2.24, 2.45) is 0 Å². The molecule has 1 rings (SSSR count). The van der Waals surface area contributed by atoms with Crippen LogP contribution in [0, 0.1) is 11.5 Å². The van der Waals surface area contributed by atoms with Gasteiger partial charge in [0.15, 0.2) is 0 Å². The topological polar surface area (TPSA) is 34.1 Å². The van der Waals surface area contributed by atoms with Crippen LogP contribution in [0.3, 0.4) is 0 Å². The van der Waals surface area contributed by atoms with Gasteiger partial charge in [-0.2, -0.15) is 8.42 Å². The Kier molecular flexibility index (Phi) is 4.76. The summed E-state index contributed by atoms with van der Waals surface area (Å²) >= 11 is 3.27. The lowest BCUT2D eigenvalue weighted by Gasteiger charge is -2.05. The molecule has 1 aromatic carbocycles. The molecule has 18 heavy (non-hydrogen) atoms. The van der Waals surface area contributed by atoms with Crippen LogP contribution in [0.4, 0.5) is 3.89 Å². The minimum atomic E-state index is -4.73. The molecule has 0 spiro atoms. The number of benzene rings is 1. The monoisotopic (exact) mass is 348 g/mol. The van der Waals surface area contributed by atoms with Crippen molar-refractivity contribution in [2.45, 2.75) is 29.9 Å². The zero-order valence-corrected chi connectivity index (χ0v) is 13.8. The van der Waals surface area contributed by atoms with Crippen LogP contribution in [0.25, 0.3) is 0 Å². The number of alkyl halides is 1. The highest BCUT2D eigenvalue weighted by atomic mass is 79.9. The quantitative estimate of drug-likeness (QED) is 0.355. The van der Waals surface area contributed by atoms with Gasteiger partial charge in [0.25, 0.3) is 0 Å². The normalized spacial score (nSPS) is 11.8. The van der Waals surface area contributed by atoms with Crippen molar-refractivity contribution >= 4 is 34.2 Å². The van der Waals surface area contributed by atoms with Gasteiger partial charge in [0.05, 0.1) is 0 Å². The van der Waals surface area contributed by atoms with Crippen LogP contribution in [0.15, 0.2) is 23.1 Å². The van der Waals surface area contributed by atoms with Crippen molar-refractivity contribution in [1.29, 1.82) is 0 Å². The van der Waals surface area contributed by atoms with E-state index in [1.807, 2.05) is 19.6 Å². The highest BCUT2D eigenvalue weighted by Gasteiger charge is 2.17. The maximum Gasteiger partial charge on any atom is 0.333 e.